The van der Waals surface area contributed by atoms with Crippen LogP contribution in [-0.2, 0) is 16.6 Å². The van der Waals surface area contributed by atoms with Gasteiger partial charge in [-0.15, -0.1) is 11.3 Å². The van der Waals surface area contributed by atoms with E-state index in [0.29, 0.717) is 12.2 Å². The van der Waals surface area contributed by atoms with Crippen molar-refractivity contribution in [3.8, 4) is 0 Å². The van der Waals surface area contributed by atoms with Crippen molar-refractivity contribution in [2.45, 2.75) is 31.3 Å². The fourth-order valence-corrected chi connectivity index (χ4v) is 4.71. The quantitative estimate of drug-likeness (QED) is 0.790. The molecule has 0 fully saturated rings. The third-order valence-electron chi connectivity index (χ3n) is 2.65. The van der Waals surface area contributed by atoms with Crippen molar-refractivity contribution < 1.29 is 8.42 Å². The summed E-state index contributed by atoms with van der Waals surface area (Å²) in [5, 5.41) is 3.19. The summed E-state index contributed by atoms with van der Waals surface area (Å²) < 4.78 is 28.3. The molecule has 7 heteroatoms. The molecule has 0 saturated heterocycles. The highest BCUT2D eigenvalue weighted by atomic mass is 79.9. The predicted molar refractivity (Wildman–Crippen MR) is 91.2 cm³/mol. The van der Waals surface area contributed by atoms with Gasteiger partial charge in [0.05, 0.1) is 9.47 Å². The second-order valence-electron chi connectivity index (χ2n) is 4.83. The maximum atomic E-state index is 12.3. The fourth-order valence-electron chi connectivity index (χ4n) is 1.85. The van der Waals surface area contributed by atoms with Crippen molar-refractivity contribution in [2.75, 3.05) is 5.32 Å². The van der Waals surface area contributed by atoms with Crippen LogP contribution in [0.1, 0.15) is 18.7 Å². The van der Waals surface area contributed by atoms with Gasteiger partial charge in [0.25, 0.3) is 0 Å². The lowest BCUT2D eigenvalue weighted by molar-refractivity contribution is 0.570. The fraction of sp³-hybridized carbons (Fsp3) is 0.286. The number of nitrogens with one attached hydrogen (secondary N) is 2. The largest absolute Gasteiger partial charge is 0.379 e. The van der Waals surface area contributed by atoms with Crippen LogP contribution in [0.15, 0.2) is 45.1 Å². The molecule has 0 aliphatic carbocycles. The van der Waals surface area contributed by atoms with Crippen LogP contribution in [0.25, 0.3) is 0 Å². The van der Waals surface area contributed by atoms with E-state index in [1.807, 2.05) is 18.2 Å². The average molecular weight is 389 g/mol. The summed E-state index contributed by atoms with van der Waals surface area (Å²) in [5.41, 5.74) is 0.607. The standard InChI is InChI=1S/C14H17BrN2O2S2/c1-10(2)17-21(18,19)13-6-4-3-5-12(13)16-9-11-7-8-14(15)20-11/h3-8,10,16-17H,9H2,1-2H3. The average Bonchev–Trinajstić information content (AvgIpc) is 2.81. The summed E-state index contributed by atoms with van der Waals surface area (Å²) in [4.78, 5) is 1.40. The number of thiophene rings is 1. The minimum absolute atomic E-state index is 0.142. The van der Waals surface area contributed by atoms with Crippen molar-refractivity contribution in [1.82, 2.24) is 4.72 Å². The van der Waals surface area contributed by atoms with Gasteiger partial charge in [-0.2, -0.15) is 0 Å². The molecular weight excluding hydrogens is 372 g/mol. The molecule has 2 rings (SSSR count). The third kappa shape index (κ3) is 4.54. The van der Waals surface area contributed by atoms with Gasteiger partial charge in [-0.1, -0.05) is 12.1 Å². The van der Waals surface area contributed by atoms with E-state index in [1.54, 1.807) is 43.4 Å². The van der Waals surface area contributed by atoms with Crippen LogP contribution in [0.4, 0.5) is 5.69 Å². The normalized spacial score (nSPS) is 11.8. The first-order valence-electron chi connectivity index (χ1n) is 6.48. The monoisotopic (exact) mass is 388 g/mol. The van der Waals surface area contributed by atoms with E-state index >= 15 is 0 Å². The summed E-state index contributed by atoms with van der Waals surface area (Å²) >= 11 is 5.04. The molecule has 0 bridgehead atoms. The number of halogens is 1. The Morgan fingerprint density at radius 1 is 1.19 bits per heavy atom. The van der Waals surface area contributed by atoms with E-state index in [9.17, 15) is 8.42 Å². The summed E-state index contributed by atoms with van der Waals surface area (Å²) in [5.74, 6) is 0. The van der Waals surface area contributed by atoms with Gasteiger partial charge in [0, 0.05) is 17.5 Å². The topological polar surface area (TPSA) is 58.2 Å². The Kier molecular flexibility index (Phi) is 5.43. The molecule has 2 N–H and O–H groups in total. The SMILES string of the molecule is CC(C)NS(=O)(=O)c1ccccc1NCc1ccc(Br)s1. The molecule has 1 aromatic heterocycles. The zero-order valence-electron chi connectivity index (χ0n) is 11.8. The van der Waals surface area contributed by atoms with Crippen molar-refractivity contribution in [3.05, 3.63) is 45.1 Å². The highest BCUT2D eigenvalue weighted by molar-refractivity contribution is 9.11. The zero-order valence-corrected chi connectivity index (χ0v) is 15.0. The Morgan fingerprint density at radius 3 is 2.52 bits per heavy atom. The van der Waals surface area contributed by atoms with Gasteiger partial charge in [0.2, 0.25) is 10.0 Å². The maximum absolute atomic E-state index is 12.3. The molecule has 2 aromatic rings. The molecule has 0 aliphatic heterocycles. The molecule has 0 saturated carbocycles. The smallest absolute Gasteiger partial charge is 0.242 e. The van der Waals surface area contributed by atoms with E-state index in [2.05, 4.69) is 26.0 Å². The highest BCUT2D eigenvalue weighted by Crippen LogP contribution is 2.25. The Labute approximate surface area is 137 Å². The zero-order chi connectivity index (χ0) is 15.5. The van der Waals surface area contributed by atoms with Crippen molar-refractivity contribution >= 4 is 43.0 Å². The van der Waals surface area contributed by atoms with E-state index in [1.165, 1.54) is 0 Å². The number of rotatable bonds is 6. The molecule has 0 atom stereocenters. The van der Waals surface area contributed by atoms with Gasteiger partial charge in [-0.25, -0.2) is 13.1 Å². The number of anilines is 1. The van der Waals surface area contributed by atoms with E-state index in [0.717, 1.165) is 8.66 Å². The van der Waals surface area contributed by atoms with Gasteiger partial charge >= 0.3 is 0 Å². The minimum atomic E-state index is -3.51. The van der Waals surface area contributed by atoms with Crippen LogP contribution in [0.2, 0.25) is 0 Å². The van der Waals surface area contributed by atoms with Crippen molar-refractivity contribution in [3.63, 3.8) is 0 Å². The predicted octanol–water partition coefficient (Wildman–Crippen LogP) is 3.81. The number of benzene rings is 1. The third-order valence-corrected chi connectivity index (χ3v) is 5.99. The molecule has 1 aromatic carbocycles. The van der Waals surface area contributed by atoms with E-state index in [4.69, 9.17) is 0 Å². The van der Waals surface area contributed by atoms with Crippen molar-refractivity contribution in [1.29, 1.82) is 0 Å². The Balaban J connectivity index is 2.21. The second-order valence-corrected chi connectivity index (χ2v) is 9.06. The second kappa shape index (κ2) is 6.91. The summed E-state index contributed by atoms with van der Waals surface area (Å²) in [7, 11) is -3.51. The molecule has 0 amide bonds. The molecule has 0 unspecified atom stereocenters. The minimum Gasteiger partial charge on any atom is -0.379 e. The first-order chi connectivity index (χ1) is 9.88. The number of hydrogen-bond acceptors (Lipinski definition) is 4. The first-order valence-corrected chi connectivity index (χ1v) is 9.57. The lowest BCUT2D eigenvalue weighted by Gasteiger charge is -2.14. The molecule has 21 heavy (non-hydrogen) atoms. The Bertz CT molecular complexity index is 711. The van der Waals surface area contributed by atoms with Gasteiger partial charge in [-0.05, 0) is 54.0 Å². The Hall–Kier alpha value is -0.890. The lowest BCUT2D eigenvalue weighted by atomic mass is 10.3. The van der Waals surface area contributed by atoms with Crippen LogP contribution in [0.3, 0.4) is 0 Å². The summed E-state index contributed by atoms with van der Waals surface area (Å²) in [6.45, 7) is 4.19. The summed E-state index contributed by atoms with van der Waals surface area (Å²) in [6, 6.07) is 10.8. The van der Waals surface area contributed by atoms with Crippen LogP contribution in [0.5, 0.6) is 0 Å². The van der Waals surface area contributed by atoms with Gasteiger partial charge in [0.1, 0.15) is 4.90 Å². The molecule has 4 nitrogen and oxygen atoms in total. The molecule has 0 spiro atoms. The number of sulfonamides is 1. The van der Waals surface area contributed by atoms with Crippen LogP contribution < -0.4 is 10.0 Å². The first kappa shape index (κ1) is 16.5. The van der Waals surface area contributed by atoms with Gasteiger partial charge < -0.3 is 5.32 Å². The number of hydrogen-bond donors (Lipinski definition) is 2. The molecule has 1 heterocycles. The molecular formula is C14H17BrN2O2S2. The summed E-state index contributed by atoms with van der Waals surface area (Å²) in [6.07, 6.45) is 0. The van der Waals surface area contributed by atoms with Gasteiger partial charge in [0.15, 0.2) is 0 Å². The van der Waals surface area contributed by atoms with Crippen LogP contribution in [0, 0.1) is 0 Å². The Morgan fingerprint density at radius 2 is 1.90 bits per heavy atom. The van der Waals surface area contributed by atoms with Crippen LogP contribution >= 0.6 is 27.3 Å². The van der Waals surface area contributed by atoms with Crippen molar-refractivity contribution in [2.24, 2.45) is 0 Å². The maximum Gasteiger partial charge on any atom is 0.242 e. The molecule has 0 aliphatic rings. The molecule has 114 valence electrons. The highest BCUT2D eigenvalue weighted by Gasteiger charge is 2.19. The van der Waals surface area contributed by atoms with E-state index in [-0.39, 0.29) is 10.9 Å². The number of para-hydroxylation sites is 1. The molecule has 0 radical (unpaired) electrons. The van der Waals surface area contributed by atoms with Crippen LogP contribution in [-0.4, -0.2) is 14.5 Å². The van der Waals surface area contributed by atoms with E-state index < -0.39 is 10.0 Å². The lowest BCUT2D eigenvalue weighted by Crippen LogP contribution is -2.30. The van der Waals surface area contributed by atoms with Gasteiger partial charge in [-0.3, -0.25) is 0 Å².